The lowest BCUT2D eigenvalue weighted by Crippen LogP contribution is -2.27. The summed E-state index contributed by atoms with van der Waals surface area (Å²) in [7, 11) is 1.83. The minimum atomic E-state index is -0.293. The van der Waals surface area contributed by atoms with Crippen molar-refractivity contribution in [2.75, 3.05) is 6.54 Å². The summed E-state index contributed by atoms with van der Waals surface area (Å²) < 4.78 is 15.5. The van der Waals surface area contributed by atoms with Gasteiger partial charge in [-0.15, -0.1) is 0 Å². The van der Waals surface area contributed by atoms with E-state index in [2.05, 4.69) is 27.3 Å². The normalized spacial score (nSPS) is 12.6. The Kier molecular flexibility index (Phi) is 4.57. The Morgan fingerprint density at radius 3 is 2.89 bits per heavy atom. The molecule has 102 valence electrons. The van der Waals surface area contributed by atoms with Crippen molar-refractivity contribution in [3.05, 3.63) is 42.0 Å². The summed E-state index contributed by atoms with van der Waals surface area (Å²) in [6.45, 7) is 2.87. The van der Waals surface area contributed by atoms with Gasteiger partial charge >= 0.3 is 0 Å². The Bertz CT molecular complexity index is 525. The molecule has 0 amide bonds. The van der Waals surface area contributed by atoms with Gasteiger partial charge in [-0.05, 0) is 25.1 Å². The number of aryl methyl sites for hydroxylation is 1. The summed E-state index contributed by atoms with van der Waals surface area (Å²) in [6, 6.07) is 2.83. The van der Waals surface area contributed by atoms with Gasteiger partial charge in [0.15, 0.2) is 0 Å². The van der Waals surface area contributed by atoms with Crippen LogP contribution in [0.3, 0.4) is 0 Å². The van der Waals surface area contributed by atoms with Crippen LogP contribution in [-0.2, 0) is 13.5 Å². The maximum absolute atomic E-state index is 13.9. The van der Waals surface area contributed by atoms with Crippen molar-refractivity contribution in [1.82, 2.24) is 25.1 Å². The van der Waals surface area contributed by atoms with Gasteiger partial charge in [0.2, 0.25) is 0 Å². The molecule has 2 rings (SSSR count). The fraction of sp³-hybridized carbons (Fsp3) is 0.462. The molecule has 19 heavy (non-hydrogen) atoms. The molecule has 0 aliphatic rings. The number of hydrogen-bond donors (Lipinski definition) is 1. The van der Waals surface area contributed by atoms with Gasteiger partial charge in [-0.25, -0.2) is 9.37 Å². The first-order valence-electron chi connectivity index (χ1n) is 6.39. The minimum absolute atomic E-state index is 0.191. The van der Waals surface area contributed by atoms with E-state index in [0.717, 1.165) is 18.8 Å². The molecule has 0 saturated heterocycles. The molecular formula is C13H18FN5. The van der Waals surface area contributed by atoms with E-state index in [9.17, 15) is 4.39 Å². The van der Waals surface area contributed by atoms with Crippen molar-refractivity contribution in [3.63, 3.8) is 0 Å². The number of aromatic nitrogens is 4. The summed E-state index contributed by atoms with van der Waals surface area (Å²) in [5.41, 5.74) is 0.430. The van der Waals surface area contributed by atoms with Crippen LogP contribution in [0.4, 0.5) is 4.39 Å². The highest BCUT2D eigenvalue weighted by Gasteiger charge is 2.19. The lowest BCUT2D eigenvalue weighted by atomic mass is 10.1. The predicted molar refractivity (Wildman–Crippen MR) is 69.9 cm³/mol. The molecule has 0 aliphatic carbocycles. The zero-order chi connectivity index (χ0) is 13.7. The molecule has 2 aromatic heterocycles. The van der Waals surface area contributed by atoms with E-state index in [1.54, 1.807) is 16.9 Å². The molecular weight excluding hydrogens is 245 g/mol. The second kappa shape index (κ2) is 6.38. The molecule has 0 radical (unpaired) electrons. The Labute approximate surface area is 111 Å². The zero-order valence-electron chi connectivity index (χ0n) is 11.2. The molecule has 0 aromatic carbocycles. The number of pyridine rings is 1. The average molecular weight is 263 g/mol. The summed E-state index contributed by atoms with van der Waals surface area (Å²) >= 11 is 0. The van der Waals surface area contributed by atoms with Gasteiger partial charge in [0.1, 0.15) is 18.0 Å². The van der Waals surface area contributed by atoms with Crippen LogP contribution in [0.1, 0.15) is 30.9 Å². The third-order valence-corrected chi connectivity index (χ3v) is 2.95. The highest BCUT2D eigenvalue weighted by molar-refractivity contribution is 5.13. The van der Waals surface area contributed by atoms with Crippen LogP contribution in [0.15, 0.2) is 24.7 Å². The number of nitrogens with zero attached hydrogens (tertiary/aromatic N) is 4. The van der Waals surface area contributed by atoms with Crippen LogP contribution in [-0.4, -0.2) is 26.3 Å². The van der Waals surface area contributed by atoms with E-state index in [1.165, 1.54) is 12.4 Å². The summed E-state index contributed by atoms with van der Waals surface area (Å²) in [4.78, 5) is 8.33. The smallest absolute Gasteiger partial charge is 0.146 e. The lowest BCUT2D eigenvalue weighted by Gasteiger charge is -2.17. The van der Waals surface area contributed by atoms with Crippen molar-refractivity contribution in [2.45, 2.75) is 25.8 Å². The molecule has 0 saturated carbocycles. The van der Waals surface area contributed by atoms with E-state index >= 15 is 0 Å². The first-order chi connectivity index (χ1) is 9.22. The number of rotatable bonds is 6. The number of hydrogen-bond acceptors (Lipinski definition) is 4. The summed E-state index contributed by atoms with van der Waals surface area (Å²) in [5.74, 6) is 0.511. The Hall–Kier alpha value is -1.82. The average Bonchev–Trinajstić information content (AvgIpc) is 2.81. The fourth-order valence-corrected chi connectivity index (χ4v) is 1.93. The summed E-state index contributed by atoms with van der Waals surface area (Å²) in [6.07, 6.45) is 4.64. The van der Waals surface area contributed by atoms with Gasteiger partial charge in [0, 0.05) is 19.7 Å². The Morgan fingerprint density at radius 2 is 2.26 bits per heavy atom. The van der Waals surface area contributed by atoms with Gasteiger partial charge in [0.05, 0.1) is 11.7 Å². The Morgan fingerprint density at radius 1 is 1.42 bits per heavy atom. The van der Waals surface area contributed by atoms with Crippen LogP contribution < -0.4 is 5.32 Å². The zero-order valence-corrected chi connectivity index (χ0v) is 11.2. The summed E-state index contributed by atoms with van der Waals surface area (Å²) in [5, 5.41) is 7.34. The third-order valence-electron chi connectivity index (χ3n) is 2.95. The van der Waals surface area contributed by atoms with Crippen LogP contribution in [0.25, 0.3) is 0 Å². The van der Waals surface area contributed by atoms with Crippen molar-refractivity contribution in [3.8, 4) is 0 Å². The molecule has 0 fully saturated rings. The SMILES string of the molecule is CCCNC(Cc1ncnn1C)c1ncccc1F. The van der Waals surface area contributed by atoms with Gasteiger partial charge < -0.3 is 5.32 Å². The fourth-order valence-electron chi connectivity index (χ4n) is 1.93. The minimum Gasteiger partial charge on any atom is -0.308 e. The highest BCUT2D eigenvalue weighted by Crippen LogP contribution is 2.18. The van der Waals surface area contributed by atoms with Crippen LogP contribution in [0.5, 0.6) is 0 Å². The van der Waals surface area contributed by atoms with E-state index in [1.807, 2.05) is 7.05 Å². The largest absolute Gasteiger partial charge is 0.308 e. The monoisotopic (exact) mass is 263 g/mol. The standard InChI is InChI=1S/C13H18FN5/c1-3-6-15-11(8-12-17-9-18-19(12)2)13-10(14)5-4-7-16-13/h4-5,7,9,11,15H,3,6,8H2,1-2H3. The Balaban J connectivity index is 2.21. The van der Waals surface area contributed by atoms with E-state index in [4.69, 9.17) is 0 Å². The molecule has 1 atom stereocenters. The maximum atomic E-state index is 13.9. The molecule has 6 heteroatoms. The number of halogens is 1. The van der Waals surface area contributed by atoms with Gasteiger partial charge in [-0.1, -0.05) is 6.92 Å². The van der Waals surface area contributed by atoms with Crippen molar-refractivity contribution < 1.29 is 4.39 Å². The van der Waals surface area contributed by atoms with Gasteiger partial charge in [0.25, 0.3) is 0 Å². The molecule has 0 spiro atoms. The molecule has 1 N–H and O–H groups in total. The van der Waals surface area contributed by atoms with Crippen molar-refractivity contribution in [2.24, 2.45) is 7.05 Å². The second-order valence-corrected chi connectivity index (χ2v) is 4.38. The van der Waals surface area contributed by atoms with Crippen molar-refractivity contribution in [1.29, 1.82) is 0 Å². The van der Waals surface area contributed by atoms with Gasteiger partial charge in [-0.2, -0.15) is 5.10 Å². The first kappa shape index (κ1) is 13.6. The predicted octanol–water partition coefficient (Wildman–Crippen LogP) is 1.63. The molecule has 0 bridgehead atoms. The molecule has 1 unspecified atom stereocenters. The number of nitrogens with one attached hydrogen (secondary N) is 1. The molecule has 5 nitrogen and oxygen atoms in total. The van der Waals surface area contributed by atoms with Crippen molar-refractivity contribution >= 4 is 0 Å². The van der Waals surface area contributed by atoms with E-state index in [0.29, 0.717) is 12.1 Å². The molecule has 2 aromatic rings. The molecule has 2 heterocycles. The second-order valence-electron chi connectivity index (χ2n) is 4.38. The lowest BCUT2D eigenvalue weighted by molar-refractivity contribution is 0.468. The topological polar surface area (TPSA) is 55.6 Å². The van der Waals surface area contributed by atoms with Gasteiger partial charge in [-0.3, -0.25) is 9.67 Å². The molecule has 0 aliphatic heterocycles. The van der Waals surface area contributed by atoms with Crippen LogP contribution >= 0.6 is 0 Å². The maximum Gasteiger partial charge on any atom is 0.146 e. The first-order valence-corrected chi connectivity index (χ1v) is 6.39. The van der Waals surface area contributed by atoms with Crippen LogP contribution in [0.2, 0.25) is 0 Å². The van der Waals surface area contributed by atoms with E-state index in [-0.39, 0.29) is 11.9 Å². The highest BCUT2D eigenvalue weighted by atomic mass is 19.1. The van der Waals surface area contributed by atoms with E-state index < -0.39 is 0 Å². The van der Waals surface area contributed by atoms with Crippen LogP contribution in [0, 0.1) is 5.82 Å². The quantitative estimate of drug-likeness (QED) is 0.860. The third kappa shape index (κ3) is 3.35.